The topological polar surface area (TPSA) is 87.7 Å². The Morgan fingerprint density at radius 2 is 2.00 bits per heavy atom. The van der Waals surface area contributed by atoms with Crippen LogP contribution >= 0.6 is 11.8 Å². The van der Waals surface area contributed by atoms with E-state index in [2.05, 4.69) is 20.5 Å². The summed E-state index contributed by atoms with van der Waals surface area (Å²) in [5.74, 6) is 0.0928. The van der Waals surface area contributed by atoms with Crippen molar-refractivity contribution in [1.82, 2.24) is 20.5 Å². The van der Waals surface area contributed by atoms with E-state index < -0.39 is 0 Å². The molecule has 0 aliphatic heterocycles. The van der Waals surface area contributed by atoms with Gasteiger partial charge in [0.2, 0.25) is 5.91 Å². The molecule has 0 bridgehead atoms. The van der Waals surface area contributed by atoms with E-state index in [-0.39, 0.29) is 22.9 Å². The first-order valence-electron chi connectivity index (χ1n) is 6.53. The Morgan fingerprint density at radius 3 is 2.62 bits per heavy atom. The van der Waals surface area contributed by atoms with Crippen LogP contribution in [0.1, 0.15) is 12.5 Å². The SMILES string of the molecule is CCNC(=O)CSc1nnc(-c2ccc(C)cc2)c(=O)[nH]1. The summed E-state index contributed by atoms with van der Waals surface area (Å²) in [4.78, 5) is 26.0. The lowest BCUT2D eigenvalue weighted by atomic mass is 10.1. The fraction of sp³-hybridized carbons (Fsp3) is 0.286. The summed E-state index contributed by atoms with van der Waals surface area (Å²) in [6.07, 6.45) is 0. The van der Waals surface area contributed by atoms with Gasteiger partial charge in [-0.25, -0.2) is 0 Å². The van der Waals surface area contributed by atoms with E-state index in [0.717, 1.165) is 22.9 Å². The van der Waals surface area contributed by atoms with Gasteiger partial charge in [-0.15, -0.1) is 10.2 Å². The van der Waals surface area contributed by atoms with Crippen molar-refractivity contribution in [2.24, 2.45) is 0 Å². The van der Waals surface area contributed by atoms with E-state index in [1.165, 1.54) is 0 Å². The van der Waals surface area contributed by atoms with Crippen molar-refractivity contribution in [3.63, 3.8) is 0 Å². The molecule has 21 heavy (non-hydrogen) atoms. The predicted molar refractivity (Wildman–Crippen MR) is 82.2 cm³/mol. The molecule has 1 heterocycles. The van der Waals surface area contributed by atoms with Gasteiger partial charge in [-0.3, -0.25) is 14.6 Å². The standard InChI is InChI=1S/C14H16N4O2S/c1-3-15-11(19)8-21-14-16-13(20)12(17-18-14)10-6-4-9(2)5-7-10/h4-7H,3,8H2,1-2H3,(H,15,19)(H,16,18,20). The highest BCUT2D eigenvalue weighted by molar-refractivity contribution is 7.99. The highest BCUT2D eigenvalue weighted by Gasteiger charge is 2.09. The molecule has 2 rings (SSSR count). The first kappa shape index (κ1) is 15.2. The number of aryl methyl sites for hydroxylation is 1. The summed E-state index contributed by atoms with van der Waals surface area (Å²) in [7, 11) is 0. The van der Waals surface area contributed by atoms with E-state index in [0.29, 0.717) is 11.7 Å². The molecule has 110 valence electrons. The van der Waals surface area contributed by atoms with E-state index in [4.69, 9.17) is 0 Å². The third kappa shape index (κ3) is 4.16. The molecule has 0 spiro atoms. The predicted octanol–water partition coefficient (Wildman–Crippen LogP) is 1.37. The number of nitrogens with one attached hydrogen (secondary N) is 2. The molecule has 0 aliphatic rings. The number of hydrogen-bond donors (Lipinski definition) is 2. The number of aromatic nitrogens is 3. The summed E-state index contributed by atoms with van der Waals surface area (Å²) in [6, 6.07) is 7.48. The monoisotopic (exact) mass is 304 g/mol. The maximum absolute atomic E-state index is 12.0. The first-order chi connectivity index (χ1) is 10.1. The van der Waals surface area contributed by atoms with Gasteiger partial charge in [0.05, 0.1) is 5.75 Å². The number of nitrogens with zero attached hydrogens (tertiary/aromatic N) is 2. The van der Waals surface area contributed by atoms with Crippen LogP contribution in [0.5, 0.6) is 0 Å². The Balaban J connectivity index is 2.12. The van der Waals surface area contributed by atoms with Crippen molar-refractivity contribution >= 4 is 17.7 Å². The summed E-state index contributed by atoms with van der Waals surface area (Å²) in [6.45, 7) is 4.40. The number of carbonyl (C=O) groups excluding carboxylic acids is 1. The molecule has 2 aromatic rings. The molecule has 0 fully saturated rings. The minimum absolute atomic E-state index is 0.104. The van der Waals surface area contributed by atoms with Gasteiger partial charge < -0.3 is 5.32 Å². The van der Waals surface area contributed by atoms with Crippen LogP contribution in [0, 0.1) is 6.92 Å². The van der Waals surface area contributed by atoms with E-state index in [9.17, 15) is 9.59 Å². The third-order valence-corrected chi connectivity index (χ3v) is 3.58. The molecule has 7 heteroatoms. The Bertz CT molecular complexity index is 682. The largest absolute Gasteiger partial charge is 0.356 e. The lowest BCUT2D eigenvalue weighted by Gasteiger charge is -2.03. The number of H-pyrrole nitrogens is 1. The van der Waals surface area contributed by atoms with Crippen LogP contribution in [0.4, 0.5) is 0 Å². The maximum Gasteiger partial charge on any atom is 0.278 e. The number of amides is 1. The highest BCUT2D eigenvalue weighted by atomic mass is 32.2. The third-order valence-electron chi connectivity index (χ3n) is 2.72. The summed E-state index contributed by atoms with van der Waals surface area (Å²) >= 11 is 1.15. The van der Waals surface area contributed by atoms with Crippen LogP contribution in [0.15, 0.2) is 34.2 Å². The van der Waals surface area contributed by atoms with E-state index in [1.54, 1.807) is 0 Å². The van der Waals surface area contributed by atoms with Crippen molar-refractivity contribution in [1.29, 1.82) is 0 Å². The number of thioether (sulfide) groups is 1. The van der Waals surface area contributed by atoms with Crippen molar-refractivity contribution in [2.75, 3.05) is 12.3 Å². The minimum Gasteiger partial charge on any atom is -0.356 e. The second-order valence-corrected chi connectivity index (χ2v) is 5.38. The number of aromatic amines is 1. The van der Waals surface area contributed by atoms with Gasteiger partial charge in [-0.1, -0.05) is 41.6 Å². The highest BCUT2D eigenvalue weighted by Crippen LogP contribution is 2.14. The molecule has 1 amide bonds. The smallest absolute Gasteiger partial charge is 0.278 e. The summed E-state index contributed by atoms with van der Waals surface area (Å²) in [5, 5.41) is 10.9. The van der Waals surface area contributed by atoms with Gasteiger partial charge in [0.1, 0.15) is 0 Å². The van der Waals surface area contributed by atoms with Gasteiger partial charge >= 0.3 is 0 Å². The number of rotatable bonds is 5. The van der Waals surface area contributed by atoms with Gasteiger partial charge in [-0.2, -0.15) is 0 Å². The van der Waals surface area contributed by atoms with Crippen molar-refractivity contribution in [3.8, 4) is 11.3 Å². The summed E-state index contributed by atoms with van der Waals surface area (Å²) < 4.78 is 0. The van der Waals surface area contributed by atoms with Crippen molar-refractivity contribution in [3.05, 3.63) is 40.2 Å². The second kappa shape index (κ2) is 7.03. The van der Waals surface area contributed by atoms with Crippen LogP contribution in [0.25, 0.3) is 11.3 Å². The number of hydrogen-bond acceptors (Lipinski definition) is 5. The van der Waals surface area contributed by atoms with Crippen molar-refractivity contribution < 1.29 is 4.79 Å². The normalized spacial score (nSPS) is 10.4. The van der Waals surface area contributed by atoms with Crippen LogP contribution in [0.3, 0.4) is 0 Å². The number of carbonyl (C=O) groups is 1. The first-order valence-corrected chi connectivity index (χ1v) is 7.52. The molecule has 0 unspecified atom stereocenters. The second-order valence-electron chi connectivity index (χ2n) is 4.42. The quantitative estimate of drug-likeness (QED) is 0.815. The molecule has 0 atom stereocenters. The zero-order valence-corrected chi connectivity index (χ0v) is 12.7. The fourth-order valence-corrected chi connectivity index (χ4v) is 2.30. The van der Waals surface area contributed by atoms with E-state index >= 15 is 0 Å². The molecule has 0 aliphatic carbocycles. The number of benzene rings is 1. The van der Waals surface area contributed by atoms with Gasteiger partial charge in [-0.05, 0) is 13.8 Å². The molecule has 0 saturated carbocycles. The molecule has 6 nitrogen and oxygen atoms in total. The van der Waals surface area contributed by atoms with Gasteiger partial charge in [0.25, 0.3) is 5.56 Å². The molecule has 2 N–H and O–H groups in total. The molecule has 0 saturated heterocycles. The van der Waals surface area contributed by atoms with Crippen LogP contribution in [0.2, 0.25) is 0 Å². The average Bonchev–Trinajstić information content (AvgIpc) is 2.47. The summed E-state index contributed by atoms with van der Waals surface area (Å²) in [5.41, 5.74) is 1.79. The fourth-order valence-electron chi connectivity index (χ4n) is 1.67. The van der Waals surface area contributed by atoms with Crippen LogP contribution in [-0.2, 0) is 4.79 Å². The molecule has 0 radical (unpaired) electrons. The average molecular weight is 304 g/mol. The Kier molecular flexibility index (Phi) is 5.10. The maximum atomic E-state index is 12.0. The zero-order chi connectivity index (χ0) is 15.2. The minimum atomic E-state index is -0.313. The lowest BCUT2D eigenvalue weighted by molar-refractivity contribution is -0.118. The zero-order valence-electron chi connectivity index (χ0n) is 11.8. The Hall–Kier alpha value is -2.15. The van der Waals surface area contributed by atoms with Crippen LogP contribution < -0.4 is 10.9 Å². The van der Waals surface area contributed by atoms with Gasteiger partial charge in [0, 0.05) is 12.1 Å². The lowest BCUT2D eigenvalue weighted by Crippen LogP contribution is -2.24. The molecular weight excluding hydrogens is 288 g/mol. The van der Waals surface area contributed by atoms with Gasteiger partial charge in [0.15, 0.2) is 10.9 Å². The Labute approximate surface area is 126 Å². The Morgan fingerprint density at radius 1 is 1.29 bits per heavy atom. The van der Waals surface area contributed by atoms with Crippen molar-refractivity contribution in [2.45, 2.75) is 19.0 Å². The van der Waals surface area contributed by atoms with Crippen LogP contribution in [-0.4, -0.2) is 33.4 Å². The molecule has 1 aromatic carbocycles. The molecule has 1 aromatic heterocycles. The van der Waals surface area contributed by atoms with E-state index in [1.807, 2.05) is 38.1 Å². The molecular formula is C14H16N4O2S.